The number of rotatable bonds is 7. The lowest BCUT2D eigenvalue weighted by atomic mass is 9.93. The number of nitrogens with one attached hydrogen (secondary N) is 1. The van der Waals surface area contributed by atoms with E-state index in [1.807, 2.05) is 12.3 Å². The smallest absolute Gasteiger partial charge is 0.220 e. The fourth-order valence-corrected chi connectivity index (χ4v) is 4.27. The van der Waals surface area contributed by atoms with Gasteiger partial charge in [-0.05, 0) is 61.6 Å². The van der Waals surface area contributed by atoms with Gasteiger partial charge in [0, 0.05) is 43.2 Å². The Balaban J connectivity index is 1.24. The molecular formula is C25H28FN3O. The number of hydrogen-bond donors (Lipinski definition) is 1. The van der Waals surface area contributed by atoms with Crippen molar-refractivity contribution in [1.29, 1.82) is 0 Å². The average Bonchev–Trinajstić information content (AvgIpc) is 2.77. The summed E-state index contributed by atoms with van der Waals surface area (Å²) in [5.74, 6) is 0.252. The summed E-state index contributed by atoms with van der Waals surface area (Å²) in [6.45, 7) is 3.30. The summed E-state index contributed by atoms with van der Waals surface area (Å²) in [5, 5.41) is 4.02. The number of pyridine rings is 1. The van der Waals surface area contributed by atoms with Gasteiger partial charge in [0.2, 0.25) is 5.91 Å². The molecule has 1 N–H and O–H groups in total. The maximum Gasteiger partial charge on any atom is 0.220 e. The van der Waals surface area contributed by atoms with Gasteiger partial charge in [0.15, 0.2) is 0 Å². The summed E-state index contributed by atoms with van der Waals surface area (Å²) in [4.78, 5) is 19.1. The number of aromatic nitrogens is 1. The van der Waals surface area contributed by atoms with Gasteiger partial charge in [-0.15, -0.1) is 0 Å². The number of nitrogens with zero attached hydrogens (tertiary/aromatic N) is 2. The minimum absolute atomic E-state index is 0.00240. The van der Waals surface area contributed by atoms with Crippen LogP contribution in [-0.2, 0) is 17.9 Å². The first kappa shape index (κ1) is 20.5. The molecule has 1 saturated heterocycles. The van der Waals surface area contributed by atoms with Crippen LogP contribution < -0.4 is 5.32 Å². The highest BCUT2D eigenvalue weighted by Gasteiger charge is 2.21. The van der Waals surface area contributed by atoms with Crippen molar-refractivity contribution in [2.24, 2.45) is 5.92 Å². The summed E-state index contributed by atoms with van der Waals surface area (Å²) in [6, 6.07) is 17.1. The van der Waals surface area contributed by atoms with E-state index in [2.05, 4.69) is 39.5 Å². The van der Waals surface area contributed by atoms with E-state index in [1.165, 1.54) is 23.4 Å². The first-order chi connectivity index (χ1) is 14.7. The molecule has 1 fully saturated rings. The highest BCUT2D eigenvalue weighted by atomic mass is 19.1. The fourth-order valence-electron chi connectivity index (χ4n) is 4.27. The van der Waals surface area contributed by atoms with E-state index in [-0.39, 0.29) is 18.3 Å². The molecule has 5 heteroatoms. The van der Waals surface area contributed by atoms with Gasteiger partial charge >= 0.3 is 0 Å². The minimum atomic E-state index is -0.273. The molecule has 0 aliphatic carbocycles. The Labute approximate surface area is 177 Å². The largest absolute Gasteiger partial charge is 0.352 e. The van der Waals surface area contributed by atoms with Gasteiger partial charge in [0.25, 0.3) is 0 Å². The van der Waals surface area contributed by atoms with Crippen molar-refractivity contribution < 1.29 is 9.18 Å². The molecule has 1 aliphatic heterocycles. The lowest BCUT2D eigenvalue weighted by Gasteiger charge is -2.32. The Morgan fingerprint density at radius 3 is 2.97 bits per heavy atom. The first-order valence-electron chi connectivity index (χ1n) is 10.7. The number of halogens is 1. The van der Waals surface area contributed by atoms with Crippen molar-refractivity contribution in [3.8, 4) is 0 Å². The summed E-state index contributed by atoms with van der Waals surface area (Å²) < 4.78 is 13.7. The molecule has 1 atom stereocenters. The van der Waals surface area contributed by atoms with Crippen LogP contribution in [0.4, 0.5) is 4.39 Å². The Hall–Kier alpha value is -2.79. The second kappa shape index (κ2) is 9.81. The van der Waals surface area contributed by atoms with Crippen LogP contribution in [0.2, 0.25) is 0 Å². The van der Waals surface area contributed by atoms with Gasteiger partial charge in [0.05, 0.1) is 5.52 Å². The van der Waals surface area contributed by atoms with E-state index in [1.54, 1.807) is 18.2 Å². The molecule has 1 aromatic heterocycles. The molecule has 1 unspecified atom stereocenters. The predicted octanol–water partition coefficient (Wildman–Crippen LogP) is 4.68. The van der Waals surface area contributed by atoms with E-state index >= 15 is 0 Å². The third kappa shape index (κ3) is 5.42. The molecule has 0 radical (unpaired) electrons. The van der Waals surface area contributed by atoms with Gasteiger partial charge in [-0.1, -0.05) is 30.3 Å². The van der Waals surface area contributed by atoms with Crippen molar-refractivity contribution in [2.75, 3.05) is 13.1 Å². The maximum atomic E-state index is 13.7. The van der Waals surface area contributed by atoms with E-state index < -0.39 is 0 Å². The highest BCUT2D eigenvalue weighted by Crippen LogP contribution is 2.23. The predicted molar refractivity (Wildman–Crippen MR) is 117 cm³/mol. The number of likely N-dealkylation sites (tertiary alicyclic amines) is 1. The molecular weight excluding hydrogens is 377 g/mol. The summed E-state index contributed by atoms with van der Waals surface area (Å²) in [6.07, 6.45) is 5.52. The first-order valence-corrected chi connectivity index (χ1v) is 10.7. The number of fused-ring (bicyclic) bond motifs is 1. The van der Waals surface area contributed by atoms with Crippen molar-refractivity contribution in [1.82, 2.24) is 15.2 Å². The summed E-state index contributed by atoms with van der Waals surface area (Å²) >= 11 is 0. The maximum absolute atomic E-state index is 13.7. The molecule has 1 amide bonds. The molecule has 2 aromatic carbocycles. The van der Waals surface area contributed by atoms with Crippen LogP contribution in [0.3, 0.4) is 0 Å². The van der Waals surface area contributed by atoms with Gasteiger partial charge in [-0.3, -0.25) is 14.7 Å². The molecule has 30 heavy (non-hydrogen) atoms. The van der Waals surface area contributed by atoms with E-state index in [0.29, 0.717) is 17.9 Å². The standard InChI is InChI=1S/C25H28FN3O/c26-23-8-2-1-6-22(23)16-28-25(30)12-10-19-5-4-14-29(17-19)18-20-9-11-24-21(15-20)7-3-13-27-24/h1-3,6-9,11,13,15,19H,4-5,10,12,14,16-18H2,(H,28,30). The Kier molecular flexibility index (Phi) is 6.70. The van der Waals surface area contributed by atoms with Crippen LogP contribution in [0.5, 0.6) is 0 Å². The number of hydrogen-bond acceptors (Lipinski definition) is 3. The zero-order valence-electron chi connectivity index (χ0n) is 17.2. The number of benzene rings is 2. The number of carbonyl (C=O) groups is 1. The van der Waals surface area contributed by atoms with Crippen LogP contribution in [0, 0.1) is 11.7 Å². The third-order valence-corrected chi connectivity index (χ3v) is 5.89. The Bertz CT molecular complexity index is 1010. The van der Waals surface area contributed by atoms with Gasteiger partial charge < -0.3 is 5.32 Å². The Morgan fingerprint density at radius 1 is 1.17 bits per heavy atom. The zero-order valence-corrected chi connectivity index (χ0v) is 17.2. The quantitative estimate of drug-likeness (QED) is 0.621. The second-order valence-electron chi connectivity index (χ2n) is 8.18. The molecule has 0 bridgehead atoms. The van der Waals surface area contributed by atoms with Crippen molar-refractivity contribution in [3.63, 3.8) is 0 Å². The van der Waals surface area contributed by atoms with Crippen molar-refractivity contribution >= 4 is 16.8 Å². The SMILES string of the molecule is O=C(CCC1CCCN(Cc2ccc3ncccc3c2)C1)NCc1ccccc1F. The average molecular weight is 406 g/mol. The van der Waals surface area contributed by atoms with Gasteiger partial charge in [0.1, 0.15) is 5.82 Å². The number of amides is 1. The summed E-state index contributed by atoms with van der Waals surface area (Å²) in [5.41, 5.74) is 2.86. The van der Waals surface area contributed by atoms with Crippen LogP contribution in [-0.4, -0.2) is 28.9 Å². The Morgan fingerprint density at radius 2 is 2.07 bits per heavy atom. The molecule has 1 aliphatic rings. The molecule has 0 spiro atoms. The van der Waals surface area contributed by atoms with Crippen LogP contribution in [0.15, 0.2) is 60.8 Å². The molecule has 2 heterocycles. The molecule has 156 valence electrons. The fraction of sp³-hybridized carbons (Fsp3) is 0.360. The van der Waals surface area contributed by atoms with Gasteiger partial charge in [-0.25, -0.2) is 4.39 Å². The molecule has 0 saturated carbocycles. The van der Waals surface area contributed by atoms with Crippen LogP contribution >= 0.6 is 0 Å². The number of carbonyl (C=O) groups excluding carboxylic acids is 1. The monoisotopic (exact) mass is 405 g/mol. The van der Waals surface area contributed by atoms with Crippen LogP contribution in [0.25, 0.3) is 10.9 Å². The molecule has 3 aromatic rings. The lowest BCUT2D eigenvalue weighted by Crippen LogP contribution is -2.35. The van der Waals surface area contributed by atoms with Crippen molar-refractivity contribution in [2.45, 2.75) is 38.8 Å². The topological polar surface area (TPSA) is 45.2 Å². The van der Waals surface area contributed by atoms with E-state index in [9.17, 15) is 9.18 Å². The molecule has 4 rings (SSSR count). The lowest BCUT2D eigenvalue weighted by molar-refractivity contribution is -0.121. The molecule has 4 nitrogen and oxygen atoms in total. The van der Waals surface area contributed by atoms with Crippen LogP contribution in [0.1, 0.15) is 36.8 Å². The zero-order chi connectivity index (χ0) is 20.8. The highest BCUT2D eigenvalue weighted by molar-refractivity contribution is 5.78. The van der Waals surface area contributed by atoms with Crippen molar-refractivity contribution in [3.05, 3.63) is 77.7 Å². The van der Waals surface area contributed by atoms with E-state index in [4.69, 9.17) is 0 Å². The number of piperidine rings is 1. The van der Waals surface area contributed by atoms with E-state index in [0.717, 1.165) is 38.0 Å². The normalized spacial score (nSPS) is 17.2. The summed E-state index contributed by atoms with van der Waals surface area (Å²) in [7, 11) is 0. The third-order valence-electron chi connectivity index (χ3n) is 5.89. The minimum Gasteiger partial charge on any atom is -0.352 e. The van der Waals surface area contributed by atoms with Gasteiger partial charge in [-0.2, -0.15) is 0 Å². The second-order valence-corrected chi connectivity index (χ2v) is 8.18.